The Kier molecular flexibility index (Phi) is 8.74. The Morgan fingerprint density at radius 2 is 1.91 bits per heavy atom. The molecule has 2 saturated heterocycles. The molecule has 10 nitrogen and oxygen atoms in total. The van der Waals surface area contributed by atoms with Gasteiger partial charge in [0.15, 0.2) is 11.6 Å². The maximum atomic E-state index is 14.4. The van der Waals surface area contributed by atoms with Crippen molar-refractivity contribution in [3.8, 4) is 16.9 Å². The van der Waals surface area contributed by atoms with Crippen LogP contribution in [0.5, 0.6) is 0 Å². The average Bonchev–Trinajstić information content (AvgIpc) is 3.69. The Hall–Kier alpha value is -4.13. The van der Waals surface area contributed by atoms with Gasteiger partial charge in [-0.25, -0.2) is 18.3 Å². The second-order valence-corrected chi connectivity index (χ2v) is 11.7. The number of hydrogen-bond acceptors (Lipinski definition) is 6. The summed E-state index contributed by atoms with van der Waals surface area (Å²) in [6.07, 6.45) is 4.80. The summed E-state index contributed by atoms with van der Waals surface area (Å²) in [4.78, 5) is 18.4. The highest BCUT2D eigenvalue weighted by Crippen LogP contribution is 2.32. The van der Waals surface area contributed by atoms with Gasteiger partial charge in [-0.05, 0) is 56.3 Å². The lowest BCUT2D eigenvalue weighted by Gasteiger charge is -2.37. The Morgan fingerprint density at radius 3 is 2.57 bits per heavy atom. The van der Waals surface area contributed by atoms with Crippen LogP contribution in [0.25, 0.3) is 16.9 Å². The third-order valence-corrected chi connectivity index (χ3v) is 8.66. The lowest BCUT2D eigenvalue weighted by molar-refractivity contribution is 0.0570. The zero-order valence-electron chi connectivity index (χ0n) is 25.2. The largest absolute Gasteiger partial charge is 0.383 e. The summed E-state index contributed by atoms with van der Waals surface area (Å²) in [6, 6.07) is 12.9. The Balaban J connectivity index is 1.27. The summed E-state index contributed by atoms with van der Waals surface area (Å²) in [6.45, 7) is 6.52. The minimum absolute atomic E-state index is 0.103. The summed E-state index contributed by atoms with van der Waals surface area (Å²) in [5.41, 5.74) is 3.76. The number of aromatic nitrogens is 4. The second kappa shape index (κ2) is 12.8. The van der Waals surface area contributed by atoms with Gasteiger partial charge in [-0.3, -0.25) is 14.9 Å². The smallest absolute Gasteiger partial charge is 0.320 e. The standard InChI is InChI=1S/C32H38F2N8O2/c1-21-30(23-15-35-39(2)16-23)38-42(24-8-5-4-6-9-24)31(21)37-32(43)36-29-19-41(25(20-44-3)17-40-12-7-13-40)18-26(29)22-10-11-27(33)28(34)14-22/h4-6,8-11,14-16,25-26,29H,7,12-13,17-20H2,1-3H3,(H2,36,37,43)/t25?,26-,29+/m0/s1. The number of amides is 2. The molecule has 2 aromatic carbocycles. The van der Waals surface area contributed by atoms with Crippen LogP contribution in [-0.4, -0.2) is 93.9 Å². The molecular weight excluding hydrogens is 566 g/mol. The number of carbonyl (C=O) groups is 1. The average molecular weight is 605 g/mol. The molecule has 232 valence electrons. The number of aryl methyl sites for hydroxylation is 1. The molecule has 4 aromatic rings. The fourth-order valence-electron chi connectivity index (χ4n) is 6.22. The third kappa shape index (κ3) is 6.23. The molecular formula is C32H38F2N8O2. The van der Waals surface area contributed by atoms with Crippen molar-refractivity contribution >= 4 is 11.8 Å². The highest BCUT2D eigenvalue weighted by molar-refractivity contribution is 5.91. The summed E-state index contributed by atoms with van der Waals surface area (Å²) >= 11 is 0. The number of methoxy groups -OCH3 is 1. The van der Waals surface area contributed by atoms with Gasteiger partial charge in [-0.15, -0.1) is 0 Å². The molecule has 1 unspecified atom stereocenters. The van der Waals surface area contributed by atoms with Gasteiger partial charge in [0.05, 0.1) is 24.5 Å². The molecule has 2 fully saturated rings. The SMILES string of the molecule is COCC(CN1CCC1)N1C[C@@H](NC(=O)Nc2c(C)c(-c3cnn(C)c3)nn2-c2ccccc2)[C@H](c2ccc(F)c(F)c2)C1. The normalized spacial score (nSPS) is 19.6. The number of nitrogens with one attached hydrogen (secondary N) is 2. The van der Waals surface area contributed by atoms with Crippen LogP contribution in [0.4, 0.5) is 19.4 Å². The first-order valence-corrected chi connectivity index (χ1v) is 14.9. The molecule has 0 aliphatic carbocycles. The minimum atomic E-state index is -0.900. The van der Waals surface area contributed by atoms with Crippen LogP contribution in [0.3, 0.4) is 0 Å². The first kappa shape index (κ1) is 29.9. The molecule has 2 aliphatic heterocycles. The van der Waals surface area contributed by atoms with Crippen molar-refractivity contribution in [2.45, 2.75) is 31.3 Å². The van der Waals surface area contributed by atoms with Gasteiger partial charge in [0.2, 0.25) is 0 Å². The highest BCUT2D eigenvalue weighted by Gasteiger charge is 2.39. The number of anilines is 1. The fraction of sp³-hybridized carbons (Fsp3) is 0.406. The molecule has 44 heavy (non-hydrogen) atoms. The van der Waals surface area contributed by atoms with Gasteiger partial charge in [0, 0.05) is 63.1 Å². The number of benzene rings is 2. The van der Waals surface area contributed by atoms with Gasteiger partial charge >= 0.3 is 6.03 Å². The third-order valence-electron chi connectivity index (χ3n) is 8.66. The quantitative estimate of drug-likeness (QED) is 0.283. The van der Waals surface area contributed by atoms with E-state index in [4.69, 9.17) is 9.84 Å². The molecule has 2 N–H and O–H groups in total. The predicted octanol–water partition coefficient (Wildman–Crippen LogP) is 4.17. The number of halogens is 2. The number of carbonyl (C=O) groups excluding carboxylic acids is 1. The van der Waals surface area contributed by atoms with E-state index in [1.165, 1.54) is 12.5 Å². The molecule has 0 spiro atoms. The van der Waals surface area contributed by atoms with E-state index in [9.17, 15) is 13.6 Å². The number of hydrogen-bond donors (Lipinski definition) is 2. The van der Waals surface area contributed by atoms with Crippen LogP contribution < -0.4 is 10.6 Å². The van der Waals surface area contributed by atoms with E-state index in [1.807, 2.05) is 50.5 Å². The van der Waals surface area contributed by atoms with Crippen LogP contribution in [0, 0.1) is 18.6 Å². The molecule has 6 rings (SSSR count). The highest BCUT2D eigenvalue weighted by atomic mass is 19.2. The van der Waals surface area contributed by atoms with Crippen LogP contribution in [0.15, 0.2) is 60.9 Å². The van der Waals surface area contributed by atoms with E-state index >= 15 is 0 Å². The van der Waals surface area contributed by atoms with E-state index in [1.54, 1.807) is 28.7 Å². The Bertz CT molecular complexity index is 1600. The van der Waals surface area contributed by atoms with E-state index in [0.29, 0.717) is 36.8 Å². The van der Waals surface area contributed by atoms with Gasteiger partial charge in [0.25, 0.3) is 0 Å². The molecule has 0 saturated carbocycles. The summed E-state index contributed by atoms with van der Waals surface area (Å²) < 4.78 is 37.2. The zero-order valence-corrected chi connectivity index (χ0v) is 25.2. The zero-order chi connectivity index (χ0) is 30.8. The fourth-order valence-corrected chi connectivity index (χ4v) is 6.22. The Labute approximate surface area is 255 Å². The number of rotatable bonds is 10. The van der Waals surface area contributed by atoms with E-state index in [-0.39, 0.29) is 18.0 Å². The van der Waals surface area contributed by atoms with E-state index in [0.717, 1.165) is 42.5 Å². The van der Waals surface area contributed by atoms with Crippen molar-refractivity contribution in [1.82, 2.24) is 34.7 Å². The minimum Gasteiger partial charge on any atom is -0.383 e. The van der Waals surface area contributed by atoms with Crippen LogP contribution in [-0.2, 0) is 11.8 Å². The predicted molar refractivity (Wildman–Crippen MR) is 164 cm³/mol. The molecule has 0 bridgehead atoms. The van der Waals surface area contributed by atoms with Crippen molar-refractivity contribution in [3.63, 3.8) is 0 Å². The molecule has 2 amide bonds. The van der Waals surface area contributed by atoms with Crippen molar-refractivity contribution in [1.29, 1.82) is 0 Å². The van der Waals surface area contributed by atoms with Crippen LogP contribution in [0.2, 0.25) is 0 Å². The number of urea groups is 1. The first-order chi connectivity index (χ1) is 21.3. The topological polar surface area (TPSA) is 92.5 Å². The van der Waals surface area contributed by atoms with Crippen molar-refractivity contribution in [2.24, 2.45) is 7.05 Å². The lowest BCUT2D eigenvalue weighted by Crippen LogP contribution is -2.50. The number of likely N-dealkylation sites (tertiary alicyclic amines) is 2. The first-order valence-electron chi connectivity index (χ1n) is 14.9. The Morgan fingerprint density at radius 1 is 1.11 bits per heavy atom. The van der Waals surface area contributed by atoms with Crippen molar-refractivity contribution in [2.75, 3.05) is 51.8 Å². The summed E-state index contributed by atoms with van der Waals surface area (Å²) in [7, 11) is 3.53. The maximum absolute atomic E-state index is 14.4. The van der Waals surface area contributed by atoms with Gasteiger partial charge in [0.1, 0.15) is 11.5 Å². The number of nitrogens with zero attached hydrogens (tertiary/aromatic N) is 6. The van der Waals surface area contributed by atoms with Crippen LogP contribution >= 0.6 is 0 Å². The molecule has 2 aromatic heterocycles. The van der Waals surface area contributed by atoms with Crippen LogP contribution in [0.1, 0.15) is 23.5 Å². The second-order valence-electron chi connectivity index (χ2n) is 11.7. The van der Waals surface area contributed by atoms with Gasteiger partial charge in [-0.1, -0.05) is 24.3 Å². The van der Waals surface area contributed by atoms with E-state index in [2.05, 4.69) is 25.5 Å². The number of ether oxygens (including phenoxy) is 1. The van der Waals surface area contributed by atoms with Crippen molar-refractivity contribution in [3.05, 3.63) is 83.7 Å². The maximum Gasteiger partial charge on any atom is 0.320 e. The van der Waals surface area contributed by atoms with Gasteiger partial charge < -0.3 is 15.0 Å². The molecule has 2 aliphatic rings. The molecule has 0 radical (unpaired) electrons. The monoisotopic (exact) mass is 604 g/mol. The molecule has 4 heterocycles. The van der Waals surface area contributed by atoms with E-state index < -0.39 is 17.7 Å². The lowest BCUT2D eigenvalue weighted by atomic mass is 9.94. The summed E-state index contributed by atoms with van der Waals surface area (Å²) in [5.74, 6) is -1.52. The number of para-hydroxylation sites is 1. The summed E-state index contributed by atoms with van der Waals surface area (Å²) in [5, 5.41) is 15.3. The van der Waals surface area contributed by atoms with Gasteiger partial charge in [-0.2, -0.15) is 10.2 Å². The van der Waals surface area contributed by atoms with Crippen molar-refractivity contribution < 1.29 is 18.3 Å². The molecule has 3 atom stereocenters. The molecule has 12 heteroatoms.